The molecule has 0 saturated heterocycles. The smallest absolute Gasteiger partial charge is 0.317 e. The summed E-state index contributed by atoms with van der Waals surface area (Å²) in [5.41, 5.74) is 0. The molecule has 2 N–H and O–H groups in total. The first-order chi connectivity index (χ1) is 9.00. The fourth-order valence-electron chi connectivity index (χ4n) is 1.69. The molecule has 0 aromatic carbocycles. The summed E-state index contributed by atoms with van der Waals surface area (Å²) in [6, 6.07) is -0.0414. The fraction of sp³-hybridized carbons (Fsp3) is 0.692. The number of amides is 3. The van der Waals surface area contributed by atoms with Gasteiger partial charge in [-0.1, -0.05) is 35.9 Å². The van der Waals surface area contributed by atoms with Gasteiger partial charge in [-0.2, -0.15) is 0 Å². The lowest BCUT2D eigenvalue weighted by Crippen LogP contribution is -2.43. The summed E-state index contributed by atoms with van der Waals surface area (Å²) < 4.78 is 1.05. The van der Waals surface area contributed by atoms with Gasteiger partial charge in [-0.25, -0.2) is 4.79 Å². The Kier molecular flexibility index (Phi) is 6.91. The summed E-state index contributed by atoms with van der Waals surface area (Å²) in [6.45, 7) is 6.29. The zero-order valence-electron chi connectivity index (χ0n) is 11.5. The van der Waals surface area contributed by atoms with Crippen LogP contribution < -0.4 is 10.6 Å². The molecule has 0 fully saturated rings. The molecule has 0 aromatic rings. The summed E-state index contributed by atoms with van der Waals surface area (Å²) in [5.74, 6) is 0.0588. The van der Waals surface area contributed by atoms with Crippen LogP contribution in [-0.4, -0.2) is 43.0 Å². The van der Waals surface area contributed by atoms with Crippen molar-refractivity contribution in [3.05, 3.63) is 10.6 Å². The average molecular weight is 332 g/mol. The second kappa shape index (κ2) is 8.19. The van der Waals surface area contributed by atoms with Gasteiger partial charge in [0, 0.05) is 30.0 Å². The van der Waals surface area contributed by atoms with Gasteiger partial charge >= 0.3 is 6.03 Å². The van der Waals surface area contributed by atoms with Crippen LogP contribution in [0.1, 0.15) is 26.7 Å². The molecule has 0 bridgehead atoms. The van der Waals surface area contributed by atoms with E-state index in [2.05, 4.69) is 32.6 Å². The number of rotatable bonds is 5. The fourth-order valence-corrected chi connectivity index (χ4v) is 2.22. The molecule has 0 atom stereocenters. The standard InChI is InChI=1S/C13H22BrN3O2/c1-10(2)12(18)15-6-4-7-16-13(19)17-8-3-5-11(14)9-17/h5,10H,3-4,6-9H2,1-2H3,(H,15,18)(H,16,19). The maximum Gasteiger partial charge on any atom is 0.317 e. The molecule has 1 rings (SSSR count). The summed E-state index contributed by atoms with van der Waals surface area (Å²) >= 11 is 3.41. The monoisotopic (exact) mass is 331 g/mol. The first-order valence-electron chi connectivity index (χ1n) is 6.65. The predicted molar refractivity (Wildman–Crippen MR) is 79.1 cm³/mol. The number of carbonyl (C=O) groups is 2. The van der Waals surface area contributed by atoms with E-state index in [0.717, 1.165) is 23.9 Å². The average Bonchev–Trinajstić information content (AvgIpc) is 2.37. The Morgan fingerprint density at radius 1 is 1.37 bits per heavy atom. The lowest BCUT2D eigenvalue weighted by atomic mass is 10.2. The Hall–Kier alpha value is -1.04. The summed E-state index contributed by atoms with van der Waals surface area (Å²) in [7, 11) is 0. The highest BCUT2D eigenvalue weighted by Crippen LogP contribution is 2.14. The van der Waals surface area contributed by atoms with E-state index in [4.69, 9.17) is 0 Å². The van der Waals surface area contributed by atoms with Crippen molar-refractivity contribution in [3.8, 4) is 0 Å². The van der Waals surface area contributed by atoms with Crippen molar-refractivity contribution in [1.29, 1.82) is 0 Å². The minimum Gasteiger partial charge on any atom is -0.356 e. The van der Waals surface area contributed by atoms with Crippen molar-refractivity contribution in [2.24, 2.45) is 5.92 Å². The molecule has 1 aliphatic heterocycles. The molecule has 0 aromatic heterocycles. The molecule has 0 spiro atoms. The third kappa shape index (κ3) is 6.09. The Balaban J connectivity index is 2.11. The second-order valence-electron chi connectivity index (χ2n) is 4.89. The lowest BCUT2D eigenvalue weighted by molar-refractivity contribution is -0.123. The van der Waals surface area contributed by atoms with E-state index in [1.165, 1.54) is 0 Å². The van der Waals surface area contributed by atoms with Crippen LogP contribution in [0.3, 0.4) is 0 Å². The van der Waals surface area contributed by atoms with Gasteiger partial charge in [0.15, 0.2) is 0 Å². The third-order valence-electron chi connectivity index (χ3n) is 2.85. The minimum absolute atomic E-state index is 0.00655. The van der Waals surface area contributed by atoms with E-state index in [-0.39, 0.29) is 17.9 Å². The van der Waals surface area contributed by atoms with Crippen molar-refractivity contribution in [3.63, 3.8) is 0 Å². The number of hydrogen-bond donors (Lipinski definition) is 2. The summed E-state index contributed by atoms with van der Waals surface area (Å²) in [5, 5.41) is 5.69. The number of carbonyl (C=O) groups excluding carboxylic acids is 2. The molecule has 0 radical (unpaired) electrons. The van der Waals surface area contributed by atoms with Gasteiger partial charge in [-0.3, -0.25) is 4.79 Å². The van der Waals surface area contributed by atoms with Crippen LogP contribution in [0.15, 0.2) is 10.6 Å². The maximum atomic E-state index is 11.8. The van der Waals surface area contributed by atoms with Gasteiger partial charge in [0.1, 0.15) is 0 Å². The van der Waals surface area contributed by atoms with Gasteiger partial charge in [-0.05, 0) is 12.8 Å². The van der Waals surface area contributed by atoms with E-state index in [0.29, 0.717) is 19.6 Å². The van der Waals surface area contributed by atoms with E-state index >= 15 is 0 Å². The number of hydrogen-bond acceptors (Lipinski definition) is 2. The van der Waals surface area contributed by atoms with Gasteiger partial charge in [0.05, 0.1) is 6.54 Å². The number of urea groups is 1. The van der Waals surface area contributed by atoms with Gasteiger partial charge in [0.2, 0.25) is 5.91 Å². The van der Waals surface area contributed by atoms with Crippen LogP contribution in [0, 0.1) is 5.92 Å². The minimum atomic E-state index is -0.0414. The highest BCUT2D eigenvalue weighted by molar-refractivity contribution is 9.11. The first kappa shape index (κ1) is 16.0. The van der Waals surface area contributed by atoms with Crippen molar-refractivity contribution >= 4 is 27.9 Å². The van der Waals surface area contributed by atoms with E-state index in [1.807, 2.05) is 13.8 Å². The van der Waals surface area contributed by atoms with Gasteiger partial charge < -0.3 is 15.5 Å². The maximum absolute atomic E-state index is 11.8. The molecule has 6 heteroatoms. The highest BCUT2D eigenvalue weighted by atomic mass is 79.9. The number of halogens is 1. The molecule has 5 nitrogen and oxygen atoms in total. The van der Waals surface area contributed by atoms with Crippen LogP contribution >= 0.6 is 15.9 Å². The van der Waals surface area contributed by atoms with Crippen LogP contribution in [0.4, 0.5) is 4.79 Å². The van der Waals surface area contributed by atoms with Crippen molar-refractivity contribution in [1.82, 2.24) is 15.5 Å². The normalized spacial score (nSPS) is 15.2. The molecule has 108 valence electrons. The van der Waals surface area contributed by atoms with Crippen LogP contribution in [0.5, 0.6) is 0 Å². The van der Waals surface area contributed by atoms with Crippen molar-refractivity contribution in [2.75, 3.05) is 26.2 Å². The number of nitrogens with one attached hydrogen (secondary N) is 2. The van der Waals surface area contributed by atoms with Crippen LogP contribution in [0.25, 0.3) is 0 Å². The molecule has 3 amide bonds. The van der Waals surface area contributed by atoms with Crippen LogP contribution in [-0.2, 0) is 4.79 Å². The molecule has 0 unspecified atom stereocenters. The molecule has 19 heavy (non-hydrogen) atoms. The third-order valence-corrected chi connectivity index (χ3v) is 3.42. The molecule has 0 aliphatic carbocycles. The van der Waals surface area contributed by atoms with Crippen molar-refractivity contribution in [2.45, 2.75) is 26.7 Å². The largest absolute Gasteiger partial charge is 0.356 e. The zero-order valence-corrected chi connectivity index (χ0v) is 13.1. The molecular formula is C13H22BrN3O2. The second-order valence-corrected chi connectivity index (χ2v) is 5.91. The van der Waals surface area contributed by atoms with Gasteiger partial charge in [-0.15, -0.1) is 0 Å². The van der Waals surface area contributed by atoms with Crippen LogP contribution in [0.2, 0.25) is 0 Å². The lowest BCUT2D eigenvalue weighted by Gasteiger charge is -2.25. The van der Waals surface area contributed by atoms with E-state index in [1.54, 1.807) is 4.90 Å². The number of nitrogens with zero attached hydrogens (tertiary/aromatic N) is 1. The first-order valence-corrected chi connectivity index (χ1v) is 7.45. The predicted octanol–water partition coefficient (Wildman–Crippen LogP) is 1.84. The zero-order chi connectivity index (χ0) is 14.3. The molecular weight excluding hydrogens is 310 g/mol. The Labute approximate surface area is 122 Å². The molecule has 0 saturated carbocycles. The molecule has 1 heterocycles. The topological polar surface area (TPSA) is 61.4 Å². The van der Waals surface area contributed by atoms with Crippen molar-refractivity contribution < 1.29 is 9.59 Å². The Bertz CT molecular complexity index is 356. The quantitative estimate of drug-likeness (QED) is 0.755. The summed E-state index contributed by atoms with van der Waals surface area (Å²) in [6.07, 6.45) is 3.72. The van der Waals surface area contributed by atoms with E-state index < -0.39 is 0 Å². The SMILES string of the molecule is CC(C)C(=O)NCCCNC(=O)N1CCC=C(Br)C1. The summed E-state index contributed by atoms with van der Waals surface area (Å²) in [4.78, 5) is 24.9. The molecule has 1 aliphatic rings. The Morgan fingerprint density at radius 2 is 2.05 bits per heavy atom. The Morgan fingerprint density at radius 3 is 2.68 bits per heavy atom. The highest BCUT2D eigenvalue weighted by Gasteiger charge is 2.16. The van der Waals surface area contributed by atoms with E-state index in [9.17, 15) is 9.59 Å². The van der Waals surface area contributed by atoms with Gasteiger partial charge in [0.25, 0.3) is 0 Å².